The summed E-state index contributed by atoms with van der Waals surface area (Å²) in [6.07, 6.45) is 1.62. The zero-order valence-corrected chi connectivity index (χ0v) is 9.72. The van der Waals surface area contributed by atoms with Crippen LogP contribution in [0.4, 0.5) is 0 Å². The van der Waals surface area contributed by atoms with Gasteiger partial charge in [-0.05, 0) is 37.1 Å². The van der Waals surface area contributed by atoms with Crippen molar-refractivity contribution in [2.75, 3.05) is 6.54 Å². The molecular weight excluding hydrogens is 233 g/mol. The molecule has 1 aliphatic heterocycles. The summed E-state index contributed by atoms with van der Waals surface area (Å²) in [5.41, 5.74) is 0.823. The van der Waals surface area contributed by atoms with Crippen LogP contribution in [0.2, 0.25) is 10.0 Å². The Morgan fingerprint density at radius 2 is 2.13 bits per heavy atom. The van der Waals surface area contributed by atoms with E-state index in [1.807, 2.05) is 6.07 Å². The molecule has 1 aromatic carbocycles. The van der Waals surface area contributed by atoms with Crippen molar-refractivity contribution in [2.24, 2.45) is 0 Å². The molecule has 4 heteroatoms. The topological polar surface area (TPSA) is 32.3 Å². The van der Waals surface area contributed by atoms with Crippen molar-refractivity contribution < 1.29 is 5.11 Å². The predicted molar refractivity (Wildman–Crippen MR) is 62.4 cm³/mol. The summed E-state index contributed by atoms with van der Waals surface area (Å²) < 4.78 is 0. The van der Waals surface area contributed by atoms with Gasteiger partial charge in [-0.1, -0.05) is 29.3 Å². The van der Waals surface area contributed by atoms with Gasteiger partial charge in [0.05, 0.1) is 16.1 Å². The zero-order chi connectivity index (χ0) is 10.8. The van der Waals surface area contributed by atoms with Crippen LogP contribution in [-0.4, -0.2) is 17.7 Å². The Balaban J connectivity index is 2.17. The summed E-state index contributed by atoms with van der Waals surface area (Å²) in [4.78, 5) is 0. The second-order valence-electron chi connectivity index (χ2n) is 3.82. The highest BCUT2D eigenvalue weighted by atomic mass is 35.5. The van der Waals surface area contributed by atoms with E-state index in [0.29, 0.717) is 10.0 Å². The summed E-state index contributed by atoms with van der Waals surface area (Å²) >= 11 is 11.7. The molecule has 0 spiro atoms. The molecule has 1 heterocycles. The minimum absolute atomic E-state index is 0.141. The number of benzene rings is 1. The minimum Gasteiger partial charge on any atom is -0.387 e. The Morgan fingerprint density at radius 1 is 1.33 bits per heavy atom. The fourth-order valence-electron chi connectivity index (χ4n) is 1.91. The first-order valence-electron chi connectivity index (χ1n) is 5.05. The molecule has 0 aromatic heterocycles. The molecule has 1 aliphatic rings. The molecular formula is C11H13Cl2NO. The van der Waals surface area contributed by atoms with Gasteiger partial charge in [0.1, 0.15) is 0 Å². The molecule has 0 bridgehead atoms. The molecule has 1 aromatic rings. The van der Waals surface area contributed by atoms with Gasteiger partial charge in [-0.3, -0.25) is 0 Å². The Labute approximate surface area is 99.2 Å². The second kappa shape index (κ2) is 4.71. The number of aliphatic hydroxyl groups excluding tert-OH is 1. The first-order valence-corrected chi connectivity index (χ1v) is 5.80. The fourth-order valence-corrected chi connectivity index (χ4v) is 2.22. The maximum absolute atomic E-state index is 10.1. The molecule has 2 N–H and O–H groups in total. The number of halogens is 2. The smallest absolute Gasteiger partial charge is 0.0943 e. The molecule has 2 rings (SSSR count). The van der Waals surface area contributed by atoms with Crippen LogP contribution in [0.25, 0.3) is 0 Å². The summed E-state index contributed by atoms with van der Waals surface area (Å²) in [5, 5.41) is 14.3. The number of hydrogen-bond donors (Lipinski definition) is 2. The Bertz CT molecular complexity index is 350. The van der Waals surface area contributed by atoms with Crippen molar-refractivity contribution in [1.82, 2.24) is 5.32 Å². The van der Waals surface area contributed by atoms with E-state index in [-0.39, 0.29) is 6.04 Å². The van der Waals surface area contributed by atoms with E-state index in [2.05, 4.69) is 5.32 Å². The third-order valence-corrected chi connectivity index (χ3v) is 3.50. The van der Waals surface area contributed by atoms with E-state index in [1.54, 1.807) is 12.1 Å². The van der Waals surface area contributed by atoms with Crippen LogP contribution in [0.3, 0.4) is 0 Å². The highest BCUT2D eigenvalue weighted by Crippen LogP contribution is 2.28. The van der Waals surface area contributed by atoms with Gasteiger partial charge in [-0.15, -0.1) is 0 Å². The third-order valence-electron chi connectivity index (χ3n) is 2.76. The van der Waals surface area contributed by atoms with Gasteiger partial charge in [0.25, 0.3) is 0 Å². The lowest BCUT2D eigenvalue weighted by molar-refractivity contribution is 0.137. The molecule has 2 nitrogen and oxygen atoms in total. The van der Waals surface area contributed by atoms with Gasteiger partial charge in [0.2, 0.25) is 0 Å². The summed E-state index contributed by atoms with van der Waals surface area (Å²) in [6.45, 7) is 0.975. The predicted octanol–water partition coefficient (Wildman–Crippen LogP) is 2.78. The molecule has 1 fully saturated rings. The van der Waals surface area contributed by atoms with Crippen LogP contribution in [0, 0.1) is 0 Å². The van der Waals surface area contributed by atoms with E-state index in [1.165, 1.54) is 0 Å². The van der Waals surface area contributed by atoms with Crippen molar-refractivity contribution >= 4 is 23.2 Å². The molecule has 1 saturated heterocycles. The minimum atomic E-state index is -0.498. The van der Waals surface area contributed by atoms with E-state index >= 15 is 0 Å². The lowest BCUT2D eigenvalue weighted by atomic mass is 10.0. The third kappa shape index (κ3) is 2.45. The summed E-state index contributed by atoms with van der Waals surface area (Å²) in [7, 11) is 0. The van der Waals surface area contributed by atoms with Gasteiger partial charge < -0.3 is 10.4 Å². The number of nitrogens with one attached hydrogen (secondary N) is 1. The summed E-state index contributed by atoms with van der Waals surface area (Å²) in [6, 6.07) is 5.41. The van der Waals surface area contributed by atoms with Crippen LogP contribution in [0.15, 0.2) is 18.2 Å². The van der Waals surface area contributed by atoms with Gasteiger partial charge in [0, 0.05) is 6.04 Å². The lowest BCUT2D eigenvalue weighted by Gasteiger charge is -2.18. The Morgan fingerprint density at radius 3 is 2.73 bits per heavy atom. The van der Waals surface area contributed by atoms with Crippen molar-refractivity contribution in [3.05, 3.63) is 33.8 Å². The zero-order valence-electron chi connectivity index (χ0n) is 8.21. The van der Waals surface area contributed by atoms with E-state index in [9.17, 15) is 5.11 Å². The maximum Gasteiger partial charge on any atom is 0.0943 e. The normalized spacial score (nSPS) is 23.0. The molecule has 0 aliphatic carbocycles. The van der Waals surface area contributed by atoms with E-state index < -0.39 is 6.10 Å². The summed E-state index contributed by atoms with van der Waals surface area (Å²) in [5.74, 6) is 0. The van der Waals surface area contributed by atoms with Crippen molar-refractivity contribution in [1.29, 1.82) is 0 Å². The average molecular weight is 246 g/mol. The van der Waals surface area contributed by atoms with Gasteiger partial charge in [-0.25, -0.2) is 0 Å². The molecule has 0 amide bonds. The van der Waals surface area contributed by atoms with Gasteiger partial charge in [0.15, 0.2) is 0 Å². The first kappa shape index (κ1) is 11.2. The van der Waals surface area contributed by atoms with Crippen molar-refractivity contribution in [2.45, 2.75) is 25.0 Å². The molecule has 0 radical (unpaired) electrons. The monoisotopic (exact) mass is 245 g/mol. The maximum atomic E-state index is 10.1. The van der Waals surface area contributed by atoms with Gasteiger partial charge >= 0.3 is 0 Å². The fraction of sp³-hybridized carbons (Fsp3) is 0.455. The van der Waals surface area contributed by atoms with Crippen LogP contribution >= 0.6 is 23.2 Å². The molecule has 2 atom stereocenters. The average Bonchev–Trinajstić information content (AvgIpc) is 2.74. The second-order valence-corrected chi connectivity index (χ2v) is 4.64. The number of rotatable bonds is 2. The molecule has 15 heavy (non-hydrogen) atoms. The van der Waals surface area contributed by atoms with E-state index in [4.69, 9.17) is 23.2 Å². The molecule has 2 unspecified atom stereocenters. The lowest BCUT2D eigenvalue weighted by Crippen LogP contribution is -2.28. The first-order chi connectivity index (χ1) is 7.18. The molecule has 0 saturated carbocycles. The van der Waals surface area contributed by atoms with Gasteiger partial charge in [-0.2, -0.15) is 0 Å². The van der Waals surface area contributed by atoms with Crippen molar-refractivity contribution in [3.8, 4) is 0 Å². The van der Waals surface area contributed by atoms with Crippen molar-refractivity contribution in [3.63, 3.8) is 0 Å². The number of hydrogen-bond acceptors (Lipinski definition) is 2. The Hall–Kier alpha value is -0.280. The van der Waals surface area contributed by atoms with Crippen LogP contribution < -0.4 is 5.32 Å². The largest absolute Gasteiger partial charge is 0.387 e. The number of aliphatic hydroxyl groups is 1. The van der Waals surface area contributed by atoms with Crippen LogP contribution in [0.5, 0.6) is 0 Å². The van der Waals surface area contributed by atoms with Crippen LogP contribution in [-0.2, 0) is 0 Å². The van der Waals surface area contributed by atoms with Crippen LogP contribution in [0.1, 0.15) is 24.5 Å². The molecule has 82 valence electrons. The van der Waals surface area contributed by atoms with E-state index in [0.717, 1.165) is 24.9 Å². The SMILES string of the molecule is OC(c1ccc(Cl)c(Cl)c1)C1CCCN1. The quantitative estimate of drug-likeness (QED) is 0.840. The highest BCUT2D eigenvalue weighted by molar-refractivity contribution is 6.42. The highest BCUT2D eigenvalue weighted by Gasteiger charge is 2.24. The standard InChI is InChI=1S/C11H13Cl2NO/c12-8-4-3-7(6-9(8)13)11(15)10-2-1-5-14-10/h3-4,6,10-11,14-15H,1-2,5H2. The Kier molecular flexibility index (Phi) is 3.52.